The second-order valence-electron chi connectivity index (χ2n) is 3.25. The second-order valence-corrected chi connectivity index (χ2v) is 3.25. The van der Waals surface area contributed by atoms with Gasteiger partial charge in [0.15, 0.2) is 0 Å². The number of carbonyl (C=O) groups excluding carboxylic acids is 1. The monoisotopic (exact) mass is 260 g/mol. The van der Waals surface area contributed by atoms with Crippen LogP contribution in [0.15, 0.2) is 18.2 Å². The first kappa shape index (κ1) is 14.0. The van der Waals surface area contributed by atoms with Gasteiger partial charge in [0.05, 0.1) is 18.0 Å². The van der Waals surface area contributed by atoms with E-state index in [9.17, 15) is 18.0 Å². The van der Waals surface area contributed by atoms with E-state index in [1.807, 2.05) is 0 Å². The Morgan fingerprint density at radius 1 is 1.50 bits per heavy atom. The van der Waals surface area contributed by atoms with Crippen molar-refractivity contribution in [3.63, 3.8) is 0 Å². The minimum Gasteiger partial charge on any atom is -0.463 e. The molecule has 0 aliphatic carbocycles. The van der Waals surface area contributed by atoms with E-state index in [1.165, 1.54) is 0 Å². The van der Waals surface area contributed by atoms with E-state index in [4.69, 9.17) is 5.73 Å². The number of carbonyl (C=O) groups is 1. The Hall–Kier alpha value is -2.05. The average Bonchev–Trinajstić information content (AvgIpc) is 2.26. The third kappa shape index (κ3) is 3.76. The van der Waals surface area contributed by atoms with Crippen molar-refractivity contribution in [3.8, 4) is 0 Å². The number of halogens is 3. The number of hydrogen-bond acceptors (Lipinski definition) is 4. The van der Waals surface area contributed by atoms with Crippen LogP contribution >= 0.6 is 0 Å². The number of aromatic nitrogens is 1. The SMILES string of the molecule is CCOC(=O)/C=C/c1nc(C(F)(F)F)ccc1N. The molecule has 0 radical (unpaired) electrons. The van der Waals surface area contributed by atoms with E-state index in [0.717, 1.165) is 24.3 Å². The van der Waals surface area contributed by atoms with Crippen LogP contribution in [0.25, 0.3) is 6.08 Å². The fourth-order valence-corrected chi connectivity index (χ4v) is 1.11. The number of alkyl halides is 3. The summed E-state index contributed by atoms with van der Waals surface area (Å²) in [7, 11) is 0. The maximum atomic E-state index is 12.4. The number of nitrogen functional groups attached to an aromatic ring is 1. The third-order valence-electron chi connectivity index (χ3n) is 1.91. The molecule has 0 bridgehead atoms. The van der Waals surface area contributed by atoms with Crippen LogP contribution in [-0.2, 0) is 15.7 Å². The second kappa shape index (κ2) is 5.52. The van der Waals surface area contributed by atoms with Gasteiger partial charge >= 0.3 is 12.1 Å². The van der Waals surface area contributed by atoms with Crippen LogP contribution in [-0.4, -0.2) is 17.6 Å². The van der Waals surface area contributed by atoms with E-state index < -0.39 is 17.8 Å². The molecule has 1 rings (SSSR count). The van der Waals surface area contributed by atoms with Crippen LogP contribution in [0.2, 0.25) is 0 Å². The molecule has 98 valence electrons. The van der Waals surface area contributed by atoms with Crippen molar-refractivity contribution in [2.45, 2.75) is 13.1 Å². The van der Waals surface area contributed by atoms with Crippen molar-refractivity contribution in [3.05, 3.63) is 29.6 Å². The van der Waals surface area contributed by atoms with Crippen molar-refractivity contribution in [2.24, 2.45) is 0 Å². The van der Waals surface area contributed by atoms with Gasteiger partial charge in [0.1, 0.15) is 5.69 Å². The van der Waals surface area contributed by atoms with Crippen molar-refractivity contribution in [2.75, 3.05) is 12.3 Å². The Labute approximate surface area is 101 Å². The minimum absolute atomic E-state index is 0.0450. The van der Waals surface area contributed by atoms with Gasteiger partial charge in [-0.3, -0.25) is 0 Å². The highest BCUT2D eigenvalue weighted by Gasteiger charge is 2.32. The first-order chi connectivity index (χ1) is 8.34. The predicted octanol–water partition coefficient (Wildman–Crippen LogP) is 2.26. The number of anilines is 1. The summed E-state index contributed by atoms with van der Waals surface area (Å²) in [5.74, 6) is -0.670. The molecule has 0 fully saturated rings. The van der Waals surface area contributed by atoms with Crippen molar-refractivity contribution < 1.29 is 22.7 Å². The molecule has 1 aromatic rings. The number of pyridine rings is 1. The van der Waals surface area contributed by atoms with Gasteiger partial charge in [0.2, 0.25) is 0 Å². The van der Waals surface area contributed by atoms with Gasteiger partial charge in [0, 0.05) is 6.08 Å². The molecule has 1 heterocycles. The predicted molar refractivity (Wildman–Crippen MR) is 59.3 cm³/mol. The maximum absolute atomic E-state index is 12.4. The van der Waals surface area contributed by atoms with Crippen LogP contribution in [0.3, 0.4) is 0 Å². The molecule has 2 N–H and O–H groups in total. The molecule has 1 aromatic heterocycles. The molecule has 0 saturated heterocycles. The van der Waals surface area contributed by atoms with E-state index in [2.05, 4.69) is 9.72 Å². The van der Waals surface area contributed by atoms with Crippen LogP contribution in [0.1, 0.15) is 18.3 Å². The number of rotatable bonds is 3. The average molecular weight is 260 g/mol. The quantitative estimate of drug-likeness (QED) is 0.668. The summed E-state index contributed by atoms with van der Waals surface area (Å²) >= 11 is 0. The highest BCUT2D eigenvalue weighted by molar-refractivity contribution is 5.87. The van der Waals surface area contributed by atoms with Crippen LogP contribution in [0.5, 0.6) is 0 Å². The fourth-order valence-electron chi connectivity index (χ4n) is 1.11. The number of nitrogens with two attached hydrogens (primary N) is 1. The lowest BCUT2D eigenvalue weighted by atomic mass is 10.2. The van der Waals surface area contributed by atoms with Gasteiger partial charge in [-0.2, -0.15) is 13.2 Å². The smallest absolute Gasteiger partial charge is 0.433 e. The summed E-state index contributed by atoms with van der Waals surface area (Å²) in [5.41, 5.74) is 4.31. The molecule has 7 heteroatoms. The topological polar surface area (TPSA) is 65.2 Å². The van der Waals surface area contributed by atoms with E-state index >= 15 is 0 Å². The molecule has 0 aliphatic heterocycles. The first-order valence-corrected chi connectivity index (χ1v) is 5.03. The summed E-state index contributed by atoms with van der Waals surface area (Å²) in [6.07, 6.45) is -2.49. The van der Waals surface area contributed by atoms with Gasteiger partial charge in [0.25, 0.3) is 0 Å². The molecule has 18 heavy (non-hydrogen) atoms. The largest absolute Gasteiger partial charge is 0.463 e. The molecule has 0 saturated carbocycles. The number of nitrogens with zero attached hydrogens (tertiary/aromatic N) is 1. The van der Waals surface area contributed by atoms with Gasteiger partial charge < -0.3 is 10.5 Å². The zero-order valence-corrected chi connectivity index (χ0v) is 9.49. The van der Waals surface area contributed by atoms with E-state index in [0.29, 0.717) is 0 Å². The maximum Gasteiger partial charge on any atom is 0.433 e. The molecule has 0 spiro atoms. The number of ether oxygens (including phenoxy) is 1. The van der Waals surface area contributed by atoms with Gasteiger partial charge in [-0.05, 0) is 25.1 Å². The lowest BCUT2D eigenvalue weighted by molar-refractivity contribution is -0.141. The minimum atomic E-state index is -4.56. The van der Waals surface area contributed by atoms with Crippen molar-refractivity contribution >= 4 is 17.7 Å². The summed E-state index contributed by atoms with van der Waals surface area (Å²) in [6.45, 7) is 1.79. The summed E-state index contributed by atoms with van der Waals surface area (Å²) < 4.78 is 41.8. The van der Waals surface area contributed by atoms with E-state index in [-0.39, 0.29) is 18.0 Å². The van der Waals surface area contributed by atoms with Crippen LogP contribution in [0.4, 0.5) is 18.9 Å². The zero-order chi connectivity index (χ0) is 13.8. The lowest BCUT2D eigenvalue weighted by Crippen LogP contribution is -2.09. The standard InChI is InChI=1S/C11H11F3N2O2/c1-2-18-10(17)6-4-8-7(15)3-5-9(16-8)11(12,13)14/h3-6H,2,15H2,1H3/b6-4+. The van der Waals surface area contributed by atoms with Gasteiger partial charge in [-0.15, -0.1) is 0 Å². The Bertz CT molecular complexity index is 470. The highest BCUT2D eigenvalue weighted by Crippen LogP contribution is 2.28. The highest BCUT2D eigenvalue weighted by atomic mass is 19.4. The van der Waals surface area contributed by atoms with Gasteiger partial charge in [-0.25, -0.2) is 9.78 Å². The van der Waals surface area contributed by atoms with Crippen molar-refractivity contribution in [1.82, 2.24) is 4.98 Å². The summed E-state index contributed by atoms with van der Waals surface area (Å²) in [6, 6.07) is 1.86. The van der Waals surface area contributed by atoms with E-state index in [1.54, 1.807) is 6.92 Å². The Kier molecular flexibility index (Phi) is 4.30. The van der Waals surface area contributed by atoms with Crippen molar-refractivity contribution in [1.29, 1.82) is 0 Å². The Morgan fingerprint density at radius 2 is 2.17 bits per heavy atom. The molecule has 0 unspecified atom stereocenters. The third-order valence-corrected chi connectivity index (χ3v) is 1.91. The fraction of sp³-hybridized carbons (Fsp3) is 0.273. The van der Waals surface area contributed by atoms with Gasteiger partial charge in [-0.1, -0.05) is 0 Å². The molecular formula is C11H11F3N2O2. The molecule has 4 nitrogen and oxygen atoms in total. The first-order valence-electron chi connectivity index (χ1n) is 5.03. The summed E-state index contributed by atoms with van der Waals surface area (Å²) in [5, 5.41) is 0. The molecule has 0 atom stereocenters. The number of hydrogen-bond donors (Lipinski definition) is 1. The zero-order valence-electron chi connectivity index (χ0n) is 9.49. The summed E-state index contributed by atoms with van der Waals surface area (Å²) in [4.78, 5) is 14.3. The Morgan fingerprint density at radius 3 is 2.72 bits per heavy atom. The molecule has 0 aliphatic rings. The molecule has 0 aromatic carbocycles. The van der Waals surface area contributed by atoms with Crippen LogP contribution < -0.4 is 5.73 Å². The number of esters is 1. The molecular weight excluding hydrogens is 249 g/mol. The normalized spacial score (nSPS) is 11.8. The lowest BCUT2D eigenvalue weighted by Gasteiger charge is -2.07. The van der Waals surface area contributed by atoms with Crippen LogP contribution in [0, 0.1) is 0 Å². The molecule has 0 amide bonds. The Balaban J connectivity index is 2.98.